The van der Waals surface area contributed by atoms with Gasteiger partial charge >= 0.3 is 0 Å². The Kier molecular flexibility index (Phi) is 7.95. The van der Waals surface area contributed by atoms with Gasteiger partial charge in [-0.05, 0) is 59.0 Å². The van der Waals surface area contributed by atoms with Gasteiger partial charge in [0.15, 0.2) is 0 Å². The molecule has 43 heavy (non-hydrogen) atoms. The van der Waals surface area contributed by atoms with Crippen LogP contribution in [-0.2, 0) is 19.5 Å². The summed E-state index contributed by atoms with van der Waals surface area (Å²) >= 11 is 0. The summed E-state index contributed by atoms with van der Waals surface area (Å²) in [5.41, 5.74) is 8.56. The van der Waals surface area contributed by atoms with Gasteiger partial charge in [-0.15, -0.1) is 10.2 Å². The SMILES string of the molecule is CCCc1nc2c(C)cc(C(=O)NCc3ccccc3OC)cc2n1Cc1ccc(-c2ccccc2-c2nn[nH]n2)cc1. The molecule has 0 spiro atoms. The van der Waals surface area contributed by atoms with E-state index in [1.807, 2.05) is 61.5 Å². The predicted molar refractivity (Wildman–Crippen MR) is 167 cm³/mol. The summed E-state index contributed by atoms with van der Waals surface area (Å²) in [7, 11) is 1.63. The van der Waals surface area contributed by atoms with E-state index in [1.54, 1.807) is 7.11 Å². The van der Waals surface area contributed by atoms with Crippen LogP contribution in [0.3, 0.4) is 0 Å². The number of hydrogen-bond donors (Lipinski definition) is 2. The molecule has 2 heterocycles. The second kappa shape index (κ2) is 12.3. The highest BCUT2D eigenvalue weighted by Crippen LogP contribution is 2.30. The molecule has 0 saturated carbocycles. The number of carbonyl (C=O) groups excluding carboxylic acids is 1. The number of ether oxygens (including phenoxy) is 1. The van der Waals surface area contributed by atoms with E-state index in [9.17, 15) is 4.79 Å². The Balaban J connectivity index is 1.29. The maximum absolute atomic E-state index is 13.3. The van der Waals surface area contributed by atoms with Crippen LogP contribution in [0, 0.1) is 6.92 Å². The summed E-state index contributed by atoms with van der Waals surface area (Å²) in [5, 5.41) is 17.6. The Morgan fingerprint density at radius 2 is 1.74 bits per heavy atom. The maximum atomic E-state index is 13.3. The molecule has 0 fully saturated rings. The third-order valence-electron chi connectivity index (χ3n) is 7.61. The van der Waals surface area contributed by atoms with E-state index in [0.717, 1.165) is 68.8 Å². The number of imidazole rings is 1. The summed E-state index contributed by atoms with van der Waals surface area (Å²) in [5.74, 6) is 2.19. The Morgan fingerprint density at radius 1 is 0.977 bits per heavy atom. The van der Waals surface area contributed by atoms with Crippen molar-refractivity contribution in [1.29, 1.82) is 0 Å². The summed E-state index contributed by atoms with van der Waals surface area (Å²) in [6.07, 6.45) is 1.82. The summed E-state index contributed by atoms with van der Waals surface area (Å²) < 4.78 is 7.68. The predicted octanol–water partition coefficient (Wildman–Crippen LogP) is 6.13. The lowest BCUT2D eigenvalue weighted by Crippen LogP contribution is -2.23. The molecule has 0 atom stereocenters. The van der Waals surface area contributed by atoms with E-state index >= 15 is 0 Å². The summed E-state index contributed by atoms with van der Waals surface area (Å²) in [6.45, 7) is 5.19. The van der Waals surface area contributed by atoms with Crippen LogP contribution in [0.1, 0.15) is 46.2 Å². The molecule has 0 aliphatic carbocycles. The first-order valence-corrected chi connectivity index (χ1v) is 14.4. The van der Waals surface area contributed by atoms with Crippen molar-refractivity contribution in [2.75, 3.05) is 7.11 Å². The van der Waals surface area contributed by atoms with Gasteiger partial charge < -0.3 is 14.6 Å². The third-order valence-corrected chi connectivity index (χ3v) is 7.61. The maximum Gasteiger partial charge on any atom is 0.251 e. The lowest BCUT2D eigenvalue weighted by molar-refractivity contribution is 0.0950. The van der Waals surface area contributed by atoms with E-state index in [1.165, 1.54) is 0 Å². The number of rotatable bonds is 10. The first-order chi connectivity index (χ1) is 21.1. The van der Waals surface area contributed by atoms with Crippen LogP contribution in [0.5, 0.6) is 5.75 Å². The molecule has 2 aromatic heterocycles. The van der Waals surface area contributed by atoms with E-state index in [2.05, 4.69) is 67.8 Å². The number of nitrogens with one attached hydrogen (secondary N) is 2. The number of H-pyrrole nitrogens is 1. The Bertz CT molecular complexity index is 1880. The average molecular weight is 572 g/mol. The van der Waals surface area contributed by atoms with Crippen molar-refractivity contribution in [3.05, 3.63) is 113 Å². The van der Waals surface area contributed by atoms with E-state index < -0.39 is 0 Å². The van der Waals surface area contributed by atoms with Crippen LogP contribution < -0.4 is 10.1 Å². The number of amides is 1. The van der Waals surface area contributed by atoms with Crippen molar-refractivity contribution in [2.24, 2.45) is 0 Å². The second-order valence-electron chi connectivity index (χ2n) is 10.5. The molecular formula is C34H33N7O2. The van der Waals surface area contributed by atoms with Gasteiger partial charge in [0.2, 0.25) is 5.82 Å². The largest absolute Gasteiger partial charge is 0.496 e. The van der Waals surface area contributed by atoms with Crippen LogP contribution in [0.15, 0.2) is 84.9 Å². The number of aromatic nitrogens is 6. The van der Waals surface area contributed by atoms with Crippen LogP contribution in [0.4, 0.5) is 0 Å². The van der Waals surface area contributed by atoms with Crippen molar-refractivity contribution in [3.8, 4) is 28.3 Å². The molecule has 0 aliphatic heterocycles. The molecule has 6 aromatic rings. The Morgan fingerprint density at radius 3 is 2.49 bits per heavy atom. The van der Waals surface area contributed by atoms with Gasteiger partial charge in [-0.25, -0.2) is 4.98 Å². The second-order valence-corrected chi connectivity index (χ2v) is 10.5. The molecule has 216 valence electrons. The van der Waals surface area contributed by atoms with Crippen molar-refractivity contribution >= 4 is 16.9 Å². The van der Waals surface area contributed by atoms with Gasteiger partial charge in [-0.1, -0.05) is 73.7 Å². The first kappa shape index (κ1) is 27.8. The van der Waals surface area contributed by atoms with Crippen LogP contribution in [0.2, 0.25) is 0 Å². The number of aromatic amines is 1. The van der Waals surface area contributed by atoms with Crippen LogP contribution in [-0.4, -0.2) is 43.2 Å². The molecular weight excluding hydrogens is 538 g/mol. The van der Waals surface area contributed by atoms with Gasteiger partial charge in [0.25, 0.3) is 5.91 Å². The lowest BCUT2D eigenvalue weighted by atomic mass is 9.98. The average Bonchev–Trinajstić information content (AvgIpc) is 3.70. The zero-order chi connectivity index (χ0) is 29.8. The number of fused-ring (bicyclic) bond motifs is 1. The Labute approximate surface area is 249 Å². The molecule has 0 radical (unpaired) electrons. The molecule has 0 unspecified atom stereocenters. The van der Waals surface area contributed by atoms with Crippen molar-refractivity contribution < 1.29 is 9.53 Å². The normalized spacial score (nSPS) is 11.1. The molecule has 9 nitrogen and oxygen atoms in total. The van der Waals surface area contributed by atoms with Gasteiger partial charge in [0.05, 0.1) is 18.1 Å². The van der Waals surface area contributed by atoms with Crippen LogP contribution in [0.25, 0.3) is 33.5 Å². The van der Waals surface area contributed by atoms with Crippen molar-refractivity contribution in [2.45, 2.75) is 39.8 Å². The highest BCUT2D eigenvalue weighted by molar-refractivity contribution is 5.98. The number of carbonyl (C=O) groups is 1. The fourth-order valence-corrected chi connectivity index (χ4v) is 5.47. The molecule has 4 aromatic carbocycles. The zero-order valence-electron chi connectivity index (χ0n) is 24.5. The molecule has 2 N–H and O–H groups in total. The zero-order valence-corrected chi connectivity index (χ0v) is 24.5. The fraction of sp³-hybridized carbons (Fsp3) is 0.206. The summed E-state index contributed by atoms with van der Waals surface area (Å²) in [4.78, 5) is 18.3. The standard InChI is InChI=1S/C34H33N7O2/c1-4-9-31-36-32-22(2)18-26(34(42)35-20-25-10-5-8-13-30(25)43-3)19-29(32)41(31)21-23-14-16-24(17-15-23)27-11-6-7-12-28(27)33-37-39-40-38-33/h5-8,10-19H,4,9,20-21H2,1-3H3,(H,35,42)(H,37,38,39,40). The number of aryl methyl sites for hydroxylation is 2. The van der Waals surface area contributed by atoms with E-state index in [-0.39, 0.29) is 5.91 Å². The molecule has 1 amide bonds. The quantitative estimate of drug-likeness (QED) is 0.205. The first-order valence-electron chi connectivity index (χ1n) is 14.4. The number of benzene rings is 4. The number of para-hydroxylation sites is 1. The molecule has 0 saturated heterocycles. The monoisotopic (exact) mass is 571 g/mol. The minimum Gasteiger partial charge on any atom is -0.496 e. The highest BCUT2D eigenvalue weighted by atomic mass is 16.5. The fourth-order valence-electron chi connectivity index (χ4n) is 5.47. The van der Waals surface area contributed by atoms with Gasteiger partial charge in [0, 0.05) is 36.2 Å². The number of nitrogens with zero attached hydrogens (tertiary/aromatic N) is 5. The molecule has 9 heteroatoms. The van der Waals surface area contributed by atoms with Crippen LogP contribution >= 0.6 is 0 Å². The van der Waals surface area contributed by atoms with Gasteiger partial charge in [-0.3, -0.25) is 4.79 Å². The van der Waals surface area contributed by atoms with E-state index in [4.69, 9.17) is 9.72 Å². The third kappa shape index (κ3) is 5.74. The summed E-state index contributed by atoms with van der Waals surface area (Å²) in [6, 6.07) is 28.1. The van der Waals surface area contributed by atoms with E-state index in [0.29, 0.717) is 24.5 Å². The smallest absolute Gasteiger partial charge is 0.251 e. The molecule has 6 rings (SSSR count). The van der Waals surface area contributed by atoms with Gasteiger partial charge in [-0.2, -0.15) is 5.21 Å². The topological polar surface area (TPSA) is 111 Å². The number of tetrazole rings is 1. The van der Waals surface area contributed by atoms with Crippen molar-refractivity contribution in [1.82, 2.24) is 35.5 Å². The number of methoxy groups -OCH3 is 1. The lowest BCUT2D eigenvalue weighted by Gasteiger charge is -2.12. The molecule has 0 bridgehead atoms. The Hall–Kier alpha value is -5.31. The highest BCUT2D eigenvalue weighted by Gasteiger charge is 2.17. The minimum absolute atomic E-state index is 0.134. The number of hydrogen-bond acceptors (Lipinski definition) is 6. The molecule has 0 aliphatic rings. The van der Waals surface area contributed by atoms with Crippen molar-refractivity contribution in [3.63, 3.8) is 0 Å². The minimum atomic E-state index is -0.134. The van der Waals surface area contributed by atoms with Gasteiger partial charge in [0.1, 0.15) is 11.6 Å².